The minimum Gasteiger partial charge on any atom is -0.384 e. The summed E-state index contributed by atoms with van der Waals surface area (Å²) >= 11 is 7.55. The van der Waals surface area contributed by atoms with E-state index in [0.29, 0.717) is 30.6 Å². The Bertz CT molecular complexity index is 475. The summed E-state index contributed by atoms with van der Waals surface area (Å²) in [6.07, 6.45) is 1.56. The van der Waals surface area contributed by atoms with Crippen LogP contribution in [0.3, 0.4) is 0 Å². The highest BCUT2D eigenvalue weighted by molar-refractivity contribution is 7.99. The lowest BCUT2D eigenvalue weighted by Crippen LogP contribution is -2.50. The number of nitrogens with one attached hydrogen (secondary N) is 1. The van der Waals surface area contributed by atoms with Gasteiger partial charge in [-0.25, -0.2) is 0 Å². The minimum absolute atomic E-state index is 0.0537. The lowest BCUT2D eigenvalue weighted by atomic mass is 9.82. The molecule has 1 heterocycles. The molecule has 1 amide bonds. The highest BCUT2D eigenvalue weighted by Crippen LogP contribution is 2.33. The minimum atomic E-state index is -0.345. The predicted octanol–water partition coefficient (Wildman–Crippen LogP) is 2.84. The molecule has 1 N–H and O–H groups in total. The first-order valence-corrected chi connectivity index (χ1v) is 8.91. The molecule has 22 heavy (non-hydrogen) atoms. The van der Waals surface area contributed by atoms with Crippen molar-refractivity contribution in [3.63, 3.8) is 0 Å². The number of ether oxygens (including phenoxy) is 2. The maximum atomic E-state index is 12.3. The van der Waals surface area contributed by atoms with Crippen LogP contribution >= 0.6 is 23.4 Å². The van der Waals surface area contributed by atoms with Crippen LogP contribution in [0.5, 0.6) is 0 Å². The van der Waals surface area contributed by atoms with Crippen molar-refractivity contribution in [2.45, 2.75) is 18.4 Å². The molecule has 1 aromatic carbocycles. The molecule has 0 unspecified atom stereocenters. The average molecular weight is 344 g/mol. The van der Waals surface area contributed by atoms with Gasteiger partial charge in [0.25, 0.3) is 0 Å². The van der Waals surface area contributed by atoms with Gasteiger partial charge >= 0.3 is 0 Å². The number of methoxy groups -OCH3 is 1. The number of hydrogen-bond acceptors (Lipinski definition) is 4. The van der Waals surface area contributed by atoms with Crippen LogP contribution in [0.4, 0.5) is 0 Å². The summed E-state index contributed by atoms with van der Waals surface area (Å²) in [5.41, 5.74) is 0.748. The van der Waals surface area contributed by atoms with Crippen LogP contribution in [-0.4, -0.2) is 44.3 Å². The van der Waals surface area contributed by atoms with Gasteiger partial charge in [-0.3, -0.25) is 4.79 Å². The highest BCUT2D eigenvalue weighted by atomic mass is 35.5. The van der Waals surface area contributed by atoms with E-state index < -0.39 is 0 Å². The van der Waals surface area contributed by atoms with E-state index >= 15 is 0 Å². The molecule has 1 fully saturated rings. The van der Waals surface area contributed by atoms with Crippen LogP contribution in [0.25, 0.3) is 0 Å². The van der Waals surface area contributed by atoms with Gasteiger partial charge in [-0.2, -0.15) is 0 Å². The highest BCUT2D eigenvalue weighted by Gasteiger charge is 2.35. The molecule has 6 heteroatoms. The molecular formula is C16H22ClNO3S. The summed E-state index contributed by atoms with van der Waals surface area (Å²) in [5, 5.41) is 3.92. The zero-order chi connectivity index (χ0) is 15.8. The fraction of sp³-hybridized carbons (Fsp3) is 0.562. The van der Waals surface area contributed by atoms with Gasteiger partial charge in [-0.15, -0.1) is 11.8 Å². The molecule has 0 bridgehead atoms. The Morgan fingerprint density at radius 3 is 2.68 bits per heavy atom. The molecule has 4 nitrogen and oxygen atoms in total. The van der Waals surface area contributed by atoms with E-state index in [9.17, 15) is 4.79 Å². The van der Waals surface area contributed by atoms with Gasteiger partial charge in [0.05, 0.1) is 17.9 Å². The number of thioether (sulfide) groups is 1. The van der Waals surface area contributed by atoms with Crippen LogP contribution in [0.1, 0.15) is 18.4 Å². The molecule has 0 spiro atoms. The Morgan fingerprint density at radius 1 is 1.36 bits per heavy atom. The van der Waals surface area contributed by atoms with Crippen molar-refractivity contribution in [1.82, 2.24) is 5.32 Å². The third-order valence-corrected chi connectivity index (χ3v) is 4.96. The largest absolute Gasteiger partial charge is 0.384 e. The summed E-state index contributed by atoms with van der Waals surface area (Å²) in [6, 6.07) is 7.72. The molecule has 0 aliphatic carbocycles. The zero-order valence-corrected chi connectivity index (χ0v) is 14.3. The summed E-state index contributed by atoms with van der Waals surface area (Å²) in [6.45, 7) is 1.97. The molecule has 2 rings (SSSR count). The molecule has 1 aromatic rings. The van der Waals surface area contributed by atoms with E-state index in [1.807, 2.05) is 24.3 Å². The van der Waals surface area contributed by atoms with E-state index in [2.05, 4.69) is 5.32 Å². The lowest BCUT2D eigenvalue weighted by molar-refractivity contribution is -0.121. The Morgan fingerprint density at radius 2 is 2.05 bits per heavy atom. The SMILES string of the molecule is COCCSCC(=O)NC1(c2ccc(Cl)cc2)CCOCC1. The number of benzene rings is 1. The molecule has 1 aliphatic heterocycles. The third kappa shape index (κ3) is 4.88. The number of rotatable bonds is 7. The number of carbonyl (C=O) groups excluding carboxylic acids is 1. The van der Waals surface area contributed by atoms with Crippen molar-refractivity contribution in [1.29, 1.82) is 0 Å². The van der Waals surface area contributed by atoms with Crippen molar-refractivity contribution in [2.75, 3.05) is 38.4 Å². The number of halogens is 1. The van der Waals surface area contributed by atoms with Gasteiger partial charge in [0.1, 0.15) is 0 Å². The predicted molar refractivity (Wildman–Crippen MR) is 90.5 cm³/mol. The molecule has 0 atom stereocenters. The third-order valence-electron chi connectivity index (χ3n) is 3.79. The van der Waals surface area contributed by atoms with E-state index in [1.54, 1.807) is 18.9 Å². The van der Waals surface area contributed by atoms with Crippen LogP contribution in [0.15, 0.2) is 24.3 Å². The number of hydrogen-bond donors (Lipinski definition) is 1. The fourth-order valence-corrected chi connectivity index (χ4v) is 3.40. The Hall–Kier alpha value is -0.750. The molecule has 122 valence electrons. The van der Waals surface area contributed by atoms with E-state index in [4.69, 9.17) is 21.1 Å². The molecule has 1 aliphatic rings. The van der Waals surface area contributed by atoms with Gasteiger partial charge < -0.3 is 14.8 Å². The summed E-state index contributed by atoms with van der Waals surface area (Å²) in [7, 11) is 1.66. The van der Waals surface area contributed by atoms with Crippen molar-refractivity contribution < 1.29 is 14.3 Å². The first-order chi connectivity index (χ1) is 10.7. The first-order valence-electron chi connectivity index (χ1n) is 7.38. The molecule has 0 radical (unpaired) electrons. The second kappa shape index (κ2) is 8.77. The topological polar surface area (TPSA) is 47.6 Å². The van der Waals surface area contributed by atoms with Crippen molar-refractivity contribution in [3.8, 4) is 0 Å². The molecule has 1 saturated heterocycles. The number of amides is 1. The van der Waals surface area contributed by atoms with Gasteiger partial charge in [0.2, 0.25) is 5.91 Å². The smallest absolute Gasteiger partial charge is 0.230 e. The fourth-order valence-electron chi connectivity index (χ4n) is 2.58. The van der Waals surface area contributed by atoms with Crippen LogP contribution in [0, 0.1) is 0 Å². The summed E-state index contributed by atoms with van der Waals surface area (Å²) in [4.78, 5) is 12.3. The average Bonchev–Trinajstić information content (AvgIpc) is 2.53. The number of carbonyl (C=O) groups is 1. The van der Waals surface area contributed by atoms with Gasteiger partial charge in [0.15, 0.2) is 0 Å². The van der Waals surface area contributed by atoms with Crippen LogP contribution in [0.2, 0.25) is 5.02 Å². The van der Waals surface area contributed by atoms with Gasteiger partial charge in [0, 0.05) is 31.1 Å². The van der Waals surface area contributed by atoms with E-state index in [1.165, 1.54) is 0 Å². The normalized spacial score (nSPS) is 17.2. The van der Waals surface area contributed by atoms with Crippen molar-refractivity contribution in [2.24, 2.45) is 0 Å². The lowest BCUT2D eigenvalue weighted by Gasteiger charge is -2.38. The quantitative estimate of drug-likeness (QED) is 0.773. The second-order valence-corrected chi connectivity index (χ2v) is 6.84. The van der Waals surface area contributed by atoms with Crippen molar-refractivity contribution in [3.05, 3.63) is 34.9 Å². The van der Waals surface area contributed by atoms with Crippen LogP contribution in [-0.2, 0) is 19.8 Å². The second-order valence-electron chi connectivity index (χ2n) is 5.29. The Labute approximate surface area is 140 Å². The summed E-state index contributed by atoms with van der Waals surface area (Å²) in [5.74, 6) is 1.32. The summed E-state index contributed by atoms with van der Waals surface area (Å²) < 4.78 is 10.5. The van der Waals surface area contributed by atoms with Crippen LogP contribution < -0.4 is 5.32 Å². The maximum Gasteiger partial charge on any atom is 0.230 e. The first kappa shape index (κ1) is 17.6. The molecule has 0 aromatic heterocycles. The Kier molecular flexibility index (Phi) is 7.02. The van der Waals surface area contributed by atoms with Gasteiger partial charge in [-0.05, 0) is 30.5 Å². The van der Waals surface area contributed by atoms with E-state index in [0.717, 1.165) is 24.2 Å². The Balaban J connectivity index is 2.02. The maximum absolute atomic E-state index is 12.3. The van der Waals surface area contributed by atoms with Gasteiger partial charge in [-0.1, -0.05) is 23.7 Å². The zero-order valence-electron chi connectivity index (χ0n) is 12.8. The molecular weight excluding hydrogens is 322 g/mol. The van der Waals surface area contributed by atoms with Crippen molar-refractivity contribution >= 4 is 29.3 Å². The molecule has 0 saturated carbocycles. The monoisotopic (exact) mass is 343 g/mol. The van der Waals surface area contributed by atoms with E-state index in [-0.39, 0.29) is 11.4 Å². The standard InChI is InChI=1S/C16H22ClNO3S/c1-20-10-11-22-12-15(19)18-16(6-8-21-9-7-16)13-2-4-14(17)5-3-13/h2-5H,6-12H2,1H3,(H,18,19).